The van der Waals surface area contributed by atoms with Crippen molar-refractivity contribution in [3.05, 3.63) is 59.7 Å². The molecular weight excluding hydrogens is 368 g/mol. The van der Waals surface area contributed by atoms with Crippen LogP contribution in [0.2, 0.25) is 0 Å². The maximum Gasteiger partial charge on any atom is 0.254 e. The molecule has 0 radical (unpaired) electrons. The maximum atomic E-state index is 13.2. The van der Waals surface area contributed by atoms with Gasteiger partial charge in [0.1, 0.15) is 0 Å². The fourth-order valence-corrected chi connectivity index (χ4v) is 3.84. The lowest BCUT2D eigenvalue weighted by atomic mass is 9.89. The topological polar surface area (TPSA) is 105 Å². The number of hydrogen-bond donors (Lipinski definition) is 3. The molecule has 3 rings (SSSR count). The molecule has 0 saturated carbocycles. The van der Waals surface area contributed by atoms with Crippen LogP contribution in [0.25, 0.3) is 0 Å². The third-order valence-electron chi connectivity index (χ3n) is 5.08. The van der Waals surface area contributed by atoms with Crippen molar-refractivity contribution in [1.29, 1.82) is 0 Å². The Labute approximate surface area is 170 Å². The van der Waals surface area contributed by atoms with Crippen molar-refractivity contribution < 1.29 is 14.4 Å². The number of nitrogens with two attached hydrogens (primary N) is 1. The van der Waals surface area contributed by atoms with E-state index in [4.69, 9.17) is 5.73 Å². The largest absolute Gasteiger partial charge is 0.338 e. The summed E-state index contributed by atoms with van der Waals surface area (Å²) in [7, 11) is 0. The van der Waals surface area contributed by atoms with Gasteiger partial charge in [0.05, 0.1) is 0 Å². The second-order valence-electron chi connectivity index (χ2n) is 7.38. The minimum atomic E-state index is -0.253. The van der Waals surface area contributed by atoms with E-state index in [1.165, 1.54) is 19.4 Å². The van der Waals surface area contributed by atoms with Crippen LogP contribution < -0.4 is 16.4 Å². The molecule has 1 heterocycles. The zero-order chi connectivity index (χ0) is 21.0. The predicted octanol–water partition coefficient (Wildman–Crippen LogP) is 2.42. The van der Waals surface area contributed by atoms with Crippen LogP contribution in [0.1, 0.15) is 35.7 Å². The molecule has 2 atom stereocenters. The van der Waals surface area contributed by atoms with Crippen molar-refractivity contribution in [1.82, 2.24) is 4.90 Å². The lowest BCUT2D eigenvalue weighted by Crippen LogP contribution is -2.30. The Morgan fingerprint density at radius 2 is 1.55 bits per heavy atom. The third kappa shape index (κ3) is 5.00. The second kappa shape index (κ2) is 8.87. The second-order valence-corrected chi connectivity index (χ2v) is 7.38. The molecule has 2 aromatic rings. The molecule has 1 aliphatic heterocycles. The molecule has 3 amide bonds. The highest BCUT2D eigenvalue weighted by atomic mass is 16.2. The van der Waals surface area contributed by atoms with Crippen molar-refractivity contribution in [2.45, 2.75) is 19.8 Å². The smallest absolute Gasteiger partial charge is 0.254 e. The Morgan fingerprint density at radius 3 is 2.07 bits per heavy atom. The first kappa shape index (κ1) is 20.5. The summed E-state index contributed by atoms with van der Waals surface area (Å²) in [5.74, 6) is -0.303. The van der Waals surface area contributed by atoms with Gasteiger partial charge in [0, 0.05) is 49.8 Å². The molecule has 0 bridgehead atoms. The molecule has 4 N–H and O–H groups in total. The number of likely N-dealkylation sites (tertiary alicyclic amines) is 1. The number of rotatable bonds is 5. The van der Waals surface area contributed by atoms with E-state index in [2.05, 4.69) is 22.8 Å². The first-order valence-corrected chi connectivity index (χ1v) is 9.62. The summed E-state index contributed by atoms with van der Waals surface area (Å²) in [6.07, 6.45) is 0. The fraction of sp³-hybridized carbons (Fsp3) is 0.318. The van der Waals surface area contributed by atoms with Crippen molar-refractivity contribution in [3.8, 4) is 0 Å². The SMILES string of the molecule is CC(=O)Nc1cc(NC(C)=O)cc(C(=O)N2C[C@@H](CN)[C@H](c3ccccc3)C2)c1. The van der Waals surface area contributed by atoms with Gasteiger partial charge in [-0.3, -0.25) is 14.4 Å². The van der Waals surface area contributed by atoms with Gasteiger partial charge in [-0.05, 0) is 36.2 Å². The van der Waals surface area contributed by atoms with E-state index in [0.717, 1.165) is 0 Å². The molecule has 0 aromatic heterocycles. The van der Waals surface area contributed by atoms with Crippen LogP contribution >= 0.6 is 0 Å². The summed E-state index contributed by atoms with van der Waals surface area (Å²) < 4.78 is 0. The fourth-order valence-electron chi connectivity index (χ4n) is 3.84. The molecule has 7 nitrogen and oxygen atoms in total. The molecule has 1 aliphatic rings. The number of nitrogens with one attached hydrogen (secondary N) is 2. The van der Waals surface area contributed by atoms with Crippen LogP contribution in [0.3, 0.4) is 0 Å². The van der Waals surface area contributed by atoms with E-state index in [0.29, 0.717) is 36.6 Å². The number of nitrogens with zero attached hydrogens (tertiary/aromatic N) is 1. The Balaban J connectivity index is 1.87. The van der Waals surface area contributed by atoms with E-state index in [1.807, 2.05) is 18.2 Å². The molecule has 0 unspecified atom stereocenters. The predicted molar refractivity (Wildman–Crippen MR) is 113 cm³/mol. The minimum Gasteiger partial charge on any atom is -0.338 e. The van der Waals surface area contributed by atoms with Crippen molar-refractivity contribution in [2.75, 3.05) is 30.3 Å². The van der Waals surface area contributed by atoms with Crippen LogP contribution in [0.5, 0.6) is 0 Å². The molecule has 2 aromatic carbocycles. The van der Waals surface area contributed by atoms with E-state index in [-0.39, 0.29) is 29.6 Å². The Kier molecular flexibility index (Phi) is 6.29. The zero-order valence-corrected chi connectivity index (χ0v) is 16.6. The first-order chi connectivity index (χ1) is 13.9. The number of carbonyl (C=O) groups excluding carboxylic acids is 3. The average Bonchev–Trinajstić information content (AvgIpc) is 3.11. The first-order valence-electron chi connectivity index (χ1n) is 9.62. The summed E-state index contributed by atoms with van der Waals surface area (Å²) in [4.78, 5) is 37.9. The van der Waals surface area contributed by atoms with Gasteiger partial charge in [-0.25, -0.2) is 0 Å². The molecule has 0 spiro atoms. The monoisotopic (exact) mass is 394 g/mol. The van der Waals surface area contributed by atoms with Crippen molar-refractivity contribution in [3.63, 3.8) is 0 Å². The van der Waals surface area contributed by atoms with Gasteiger partial charge >= 0.3 is 0 Å². The van der Waals surface area contributed by atoms with E-state index in [1.54, 1.807) is 23.1 Å². The van der Waals surface area contributed by atoms with Crippen LogP contribution in [0.15, 0.2) is 48.5 Å². The van der Waals surface area contributed by atoms with Gasteiger partial charge in [-0.1, -0.05) is 30.3 Å². The lowest BCUT2D eigenvalue weighted by Gasteiger charge is -2.18. The number of anilines is 2. The summed E-state index contributed by atoms with van der Waals surface area (Å²) in [6.45, 7) is 4.42. The molecular formula is C22H26N4O3. The Bertz CT molecular complexity index is 879. The molecule has 1 saturated heterocycles. The highest BCUT2D eigenvalue weighted by Gasteiger charge is 2.35. The van der Waals surface area contributed by atoms with Gasteiger partial charge in [-0.15, -0.1) is 0 Å². The van der Waals surface area contributed by atoms with Crippen LogP contribution in [-0.2, 0) is 9.59 Å². The molecule has 7 heteroatoms. The van der Waals surface area contributed by atoms with Crippen LogP contribution in [0.4, 0.5) is 11.4 Å². The third-order valence-corrected chi connectivity index (χ3v) is 5.08. The van der Waals surface area contributed by atoms with E-state index >= 15 is 0 Å². The number of benzene rings is 2. The molecule has 0 aliphatic carbocycles. The summed E-state index contributed by atoms with van der Waals surface area (Å²) in [5, 5.41) is 5.36. The van der Waals surface area contributed by atoms with Gasteiger partial charge in [0.25, 0.3) is 5.91 Å². The quantitative estimate of drug-likeness (QED) is 0.724. The van der Waals surface area contributed by atoms with Crippen LogP contribution in [0, 0.1) is 5.92 Å². The summed E-state index contributed by atoms with van der Waals surface area (Å²) >= 11 is 0. The van der Waals surface area contributed by atoms with Gasteiger partial charge in [0.2, 0.25) is 11.8 Å². The van der Waals surface area contributed by atoms with Gasteiger partial charge < -0.3 is 21.3 Å². The van der Waals surface area contributed by atoms with E-state index < -0.39 is 0 Å². The molecule has 1 fully saturated rings. The van der Waals surface area contributed by atoms with Crippen LogP contribution in [-0.4, -0.2) is 42.3 Å². The lowest BCUT2D eigenvalue weighted by molar-refractivity contribution is -0.115. The normalized spacial score (nSPS) is 18.4. The average molecular weight is 394 g/mol. The Morgan fingerprint density at radius 1 is 0.966 bits per heavy atom. The zero-order valence-electron chi connectivity index (χ0n) is 16.6. The molecule has 29 heavy (non-hydrogen) atoms. The van der Waals surface area contributed by atoms with Crippen molar-refractivity contribution in [2.24, 2.45) is 11.7 Å². The Hall–Kier alpha value is -3.19. The summed E-state index contributed by atoms with van der Waals surface area (Å²) in [6, 6.07) is 15.0. The number of hydrogen-bond acceptors (Lipinski definition) is 4. The minimum absolute atomic E-state index is 0.152. The number of amides is 3. The van der Waals surface area contributed by atoms with Gasteiger partial charge in [-0.2, -0.15) is 0 Å². The summed E-state index contributed by atoms with van der Waals surface area (Å²) in [5.41, 5.74) is 8.48. The van der Waals surface area contributed by atoms with E-state index in [9.17, 15) is 14.4 Å². The molecule has 152 valence electrons. The standard InChI is InChI=1S/C22H26N4O3/c1-14(27)24-19-8-17(9-20(10-19)25-15(2)28)22(29)26-12-18(11-23)21(13-26)16-6-4-3-5-7-16/h3-10,18,21H,11-13,23H2,1-2H3,(H,24,27)(H,25,28)/t18-,21+/m1/s1. The maximum absolute atomic E-state index is 13.2. The van der Waals surface area contributed by atoms with Crippen molar-refractivity contribution >= 4 is 29.1 Å². The van der Waals surface area contributed by atoms with Gasteiger partial charge in [0.15, 0.2) is 0 Å². The highest BCUT2D eigenvalue weighted by Crippen LogP contribution is 2.33. The number of carbonyl (C=O) groups is 3. The highest BCUT2D eigenvalue weighted by molar-refractivity contribution is 6.00.